The topological polar surface area (TPSA) is 55.4 Å². The van der Waals surface area contributed by atoms with Gasteiger partial charge in [-0.2, -0.15) is 0 Å². The van der Waals surface area contributed by atoms with Crippen molar-refractivity contribution in [1.82, 2.24) is 4.72 Å². The van der Waals surface area contributed by atoms with Crippen LogP contribution in [0.2, 0.25) is 0 Å². The molecule has 0 unspecified atom stereocenters. The normalized spacial score (nSPS) is 17.9. The fourth-order valence-electron chi connectivity index (χ4n) is 1.26. The molecule has 0 saturated carbocycles. The number of hydrogen-bond donors (Lipinski definition) is 1. The largest absolute Gasteiger partial charge is 0.380 e. The first-order chi connectivity index (χ1) is 6.47. The second kappa shape index (κ2) is 7.14. The third-order valence-corrected chi connectivity index (χ3v) is 3.61. The third kappa shape index (κ3) is 6.06. The molecule has 0 spiro atoms. The van der Waals surface area contributed by atoms with Crippen LogP contribution in [0.25, 0.3) is 0 Å². The second-order valence-corrected chi connectivity index (χ2v) is 5.37. The van der Waals surface area contributed by atoms with E-state index in [1.807, 2.05) is 20.8 Å². The van der Waals surface area contributed by atoms with E-state index in [0.29, 0.717) is 19.8 Å². The van der Waals surface area contributed by atoms with Crippen molar-refractivity contribution in [3.63, 3.8) is 0 Å². The summed E-state index contributed by atoms with van der Waals surface area (Å²) in [6.07, 6.45) is 0. The maximum absolute atomic E-state index is 11.3. The lowest BCUT2D eigenvalue weighted by Gasteiger charge is -2.37. The van der Waals surface area contributed by atoms with Crippen LogP contribution in [0, 0.1) is 5.41 Å². The molecule has 15 heavy (non-hydrogen) atoms. The van der Waals surface area contributed by atoms with Gasteiger partial charge in [0.2, 0.25) is 10.0 Å². The Balaban J connectivity index is -0.000000399. The molecule has 1 N–H and O–H groups in total. The van der Waals surface area contributed by atoms with Gasteiger partial charge in [-0.25, -0.2) is 13.1 Å². The first kappa shape index (κ1) is 17.2. The van der Waals surface area contributed by atoms with Crippen LogP contribution in [0.3, 0.4) is 0 Å². The smallest absolute Gasteiger partial charge is 0.212 e. The van der Waals surface area contributed by atoms with Crippen LogP contribution in [0.4, 0.5) is 4.70 Å². The van der Waals surface area contributed by atoms with Crippen molar-refractivity contribution in [3.8, 4) is 0 Å². The monoisotopic (exact) mass is 245 g/mol. The van der Waals surface area contributed by atoms with Gasteiger partial charge in [-0.1, -0.05) is 27.7 Å². The first-order valence-electron chi connectivity index (χ1n) is 5.02. The van der Waals surface area contributed by atoms with Crippen molar-refractivity contribution >= 4 is 10.0 Å². The fraction of sp³-hybridized carbons (Fsp3) is 1.00. The van der Waals surface area contributed by atoms with Crippen LogP contribution in [0.1, 0.15) is 29.1 Å². The number of sulfonamides is 1. The Labute approximate surface area is 93.3 Å². The van der Waals surface area contributed by atoms with Crippen LogP contribution >= 0.6 is 0 Å². The molecule has 0 aromatic carbocycles. The van der Waals surface area contributed by atoms with Crippen molar-refractivity contribution in [3.05, 3.63) is 0 Å². The highest BCUT2D eigenvalue weighted by atomic mass is 32.2. The summed E-state index contributed by atoms with van der Waals surface area (Å²) in [6, 6.07) is 0. The predicted octanol–water partition coefficient (Wildman–Crippen LogP) is 1.39. The molecule has 0 aromatic rings. The summed E-state index contributed by atoms with van der Waals surface area (Å²) >= 11 is 0. The SMILES string of the molecule is CC.CCNS(=O)(=O)CC1(C)COC1.F.[HH]. The maximum Gasteiger partial charge on any atom is 0.212 e. The lowest BCUT2D eigenvalue weighted by atomic mass is 9.92. The van der Waals surface area contributed by atoms with E-state index in [1.54, 1.807) is 6.92 Å². The van der Waals surface area contributed by atoms with Gasteiger partial charge < -0.3 is 4.74 Å². The standard InChI is InChI=1S/C7H15NO3S.C2H6.FH.H2/c1-3-8-12(9,10)6-7(2)4-11-5-7;1-2;;/h8H,3-6H2,1-2H3;1-2H3;2*1H. The molecule has 1 aliphatic rings. The van der Waals surface area contributed by atoms with Crippen molar-refractivity contribution in [2.75, 3.05) is 25.5 Å². The number of nitrogens with one attached hydrogen (secondary N) is 1. The highest BCUT2D eigenvalue weighted by Crippen LogP contribution is 2.27. The average Bonchev–Trinajstić information content (AvgIpc) is 2.04. The van der Waals surface area contributed by atoms with Crippen molar-refractivity contribution in [1.29, 1.82) is 0 Å². The molecule has 1 heterocycles. The van der Waals surface area contributed by atoms with E-state index in [4.69, 9.17) is 4.74 Å². The number of ether oxygens (including phenoxy) is 1. The van der Waals surface area contributed by atoms with Gasteiger partial charge >= 0.3 is 0 Å². The minimum absolute atomic E-state index is 0. The molecule has 0 bridgehead atoms. The molecule has 1 fully saturated rings. The number of rotatable bonds is 4. The van der Waals surface area contributed by atoms with E-state index in [0.717, 1.165) is 0 Å². The molecular formula is C9H24FNO3S. The van der Waals surface area contributed by atoms with Gasteiger partial charge in [0.15, 0.2) is 0 Å². The minimum Gasteiger partial charge on any atom is -0.380 e. The Hall–Kier alpha value is -0.200. The summed E-state index contributed by atoms with van der Waals surface area (Å²) in [5, 5.41) is 0. The molecule has 1 rings (SSSR count). The molecule has 0 amide bonds. The summed E-state index contributed by atoms with van der Waals surface area (Å²) in [5.74, 6) is 0.174. The molecule has 0 aromatic heterocycles. The van der Waals surface area contributed by atoms with E-state index in [9.17, 15) is 8.42 Å². The van der Waals surface area contributed by atoms with Gasteiger partial charge in [-0.15, -0.1) is 0 Å². The van der Waals surface area contributed by atoms with E-state index in [-0.39, 0.29) is 17.3 Å². The van der Waals surface area contributed by atoms with E-state index >= 15 is 0 Å². The number of halogens is 1. The van der Waals surface area contributed by atoms with E-state index < -0.39 is 10.0 Å². The lowest BCUT2D eigenvalue weighted by molar-refractivity contribution is -0.0871. The zero-order valence-corrected chi connectivity index (χ0v) is 10.7. The quantitative estimate of drug-likeness (QED) is 0.814. The molecule has 4 nitrogen and oxygen atoms in total. The molecule has 0 atom stereocenters. The molecular weight excluding hydrogens is 221 g/mol. The Bertz CT molecular complexity index is 255. The summed E-state index contributed by atoms with van der Waals surface area (Å²) in [6.45, 7) is 9.26. The van der Waals surface area contributed by atoms with Crippen molar-refractivity contribution in [2.45, 2.75) is 27.7 Å². The maximum atomic E-state index is 11.3. The Morgan fingerprint density at radius 3 is 2.13 bits per heavy atom. The van der Waals surface area contributed by atoms with Crippen molar-refractivity contribution in [2.24, 2.45) is 5.41 Å². The zero-order chi connectivity index (χ0) is 11.2. The van der Waals surface area contributed by atoms with Crippen LogP contribution in [-0.2, 0) is 14.8 Å². The highest BCUT2D eigenvalue weighted by molar-refractivity contribution is 7.89. The Kier molecular flexibility index (Phi) is 8.18. The Morgan fingerprint density at radius 2 is 1.87 bits per heavy atom. The van der Waals surface area contributed by atoms with Gasteiger partial charge in [0, 0.05) is 13.4 Å². The van der Waals surface area contributed by atoms with Crippen LogP contribution in [-0.4, -0.2) is 33.9 Å². The van der Waals surface area contributed by atoms with Gasteiger partial charge in [0.25, 0.3) is 0 Å². The summed E-state index contributed by atoms with van der Waals surface area (Å²) < 4.78 is 30.0. The predicted molar refractivity (Wildman–Crippen MR) is 62.4 cm³/mol. The van der Waals surface area contributed by atoms with Gasteiger partial charge in [0.1, 0.15) is 0 Å². The van der Waals surface area contributed by atoms with Gasteiger partial charge in [0.05, 0.1) is 19.0 Å². The first-order valence-corrected chi connectivity index (χ1v) is 6.68. The summed E-state index contributed by atoms with van der Waals surface area (Å²) in [7, 11) is -3.08. The second-order valence-electron chi connectivity index (χ2n) is 3.56. The van der Waals surface area contributed by atoms with Crippen molar-refractivity contribution < 1.29 is 19.3 Å². The molecule has 0 aliphatic carbocycles. The van der Waals surface area contributed by atoms with Gasteiger partial charge in [-0.3, -0.25) is 4.70 Å². The Morgan fingerprint density at radius 1 is 1.40 bits per heavy atom. The number of hydrogen-bond acceptors (Lipinski definition) is 3. The molecule has 1 aliphatic heterocycles. The minimum atomic E-state index is -3.08. The van der Waals surface area contributed by atoms with Crippen LogP contribution < -0.4 is 4.72 Å². The van der Waals surface area contributed by atoms with Crippen LogP contribution in [0.15, 0.2) is 0 Å². The highest BCUT2D eigenvalue weighted by Gasteiger charge is 2.37. The van der Waals surface area contributed by atoms with Gasteiger partial charge in [-0.05, 0) is 0 Å². The fourth-order valence-corrected chi connectivity index (χ4v) is 2.89. The summed E-state index contributed by atoms with van der Waals surface area (Å²) in [4.78, 5) is 0. The third-order valence-electron chi connectivity index (χ3n) is 1.80. The molecule has 1 saturated heterocycles. The zero-order valence-electron chi connectivity index (χ0n) is 9.87. The average molecular weight is 245 g/mol. The lowest BCUT2D eigenvalue weighted by Crippen LogP contribution is -2.47. The molecule has 96 valence electrons. The summed E-state index contributed by atoms with van der Waals surface area (Å²) in [5.41, 5.74) is -0.166. The van der Waals surface area contributed by atoms with E-state index in [1.165, 1.54) is 0 Å². The van der Waals surface area contributed by atoms with Crippen LogP contribution in [0.5, 0.6) is 0 Å². The van der Waals surface area contributed by atoms with E-state index in [2.05, 4.69) is 4.72 Å². The molecule has 6 heteroatoms. The molecule has 0 radical (unpaired) electrons.